The molecule has 1 aliphatic heterocycles. The molecule has 40 heavy (non-hydrogen) atoms. The molecule has 0 aliphatic carbocycles. The molecule has 0 bridgehead atoms. The Morgan fingerprint density at radius 1 is 1.00 bits per heavy atom. The third-order valence-electron chi connectivity index (χ3n) is 7.50. The molecule has 9 nitrogen and oxygen atoms in total. The van der Waals surface area contributed by atoms with Gasteiger partial charge in [-0.25, -0.2) is 0 Å². The van der Waals surface area contributed by atoms with Gasteiger partial charge in [-0.1, -0.05) is 63.9 Å². The largest absolute Gasteiger partial charge is 0.343 e. The number of carbonyl (C=O) groups excluding carboxylic acids is 5. The van der Waals surface area contributed by atoms with Crippen LogP contribution in [0.15, 0.2) is 30.3 Å². The number of benzene rings is 1. The molecule has 0 saturated carbocycles. The van der Waals surface area contributed by atoms with Crippen LogP contribution < -0.4 is 5.32 Å². The van der Waals surface area contributed by atoms with Crippen LogP contribution in [0, 0.1) is 5.92 Å². The molecule has 4 amide bonds. The summed E-state index contributed by atoms with van der Waals surface area (Å²) in [5.74, 6) is -0.732. The van der Waals surface area contributed by atoms with E-state index in [1.807, 2.05) is 51.1 Å². The van der Waals surface area contributed by atoms with Gasteiger partial charge in [-0.05, 0) is 37.7 Å². The van der Waals surface area contributed by atoms with Crippen molar-refractivity contribution in [3.8, 4) is 0 Å². The number of ketones is 1. The second-order valence-electron chi connectivity index (χ2n) is 11.2. The van der Waals surface area contributed by atoms with Gasteiger partial charge < -0.3 is 20.0 Å². The van der Waals surface area contributed by atoms with Gasteiger partial charge in [0.1, 0.15) is 17.9 Å². The highest BCUT2D eigenvalue weighted by atomic mass is 16.2. The average Bonchev–Trinajstić information content (AvgIpc) is 2.94. The Kier molecular flexibility index (Phi) is 13.8. The number of carbonyl (C=O) groups is 5. The van der Waals surface area contributed by atoms with Crippen LogP contribution >= 0.6 is 0 Å². The maximum atomic E-state index is 14.0. The lowest BCUT2D eigenvalue weighted by Gasteiger charge is -2.31. The van der Waals surface area contributed by atoms with Crippen LogP contribution in [0.3, 0.4) is 0 Å². The highest BCUT2D eigenvalue weighted by Gasteiger charge is 2.32. The summed E-state index contributed by atoms with van der Waals surface area (Å²) in [6, 6.07) is 8.18. The molecule has 1 aromatic carbocycles. The first-order valence-electron chi connectivity index (χ1n) is 14.7. The van der Waals surface area contributed by atoms with E-state index in [2.05, 4.69) is 5.32 Å². The maximum absolute atomic E-state index is 14.0. The molecule has 9 heteroatoms. The smallest absolute Gasteiger partial charge is 0.245 e. The molecular formula is C31H48N4O5. The molecule has 222 valence electrons. The Morgan fingerprint density at radius 3 is 2.35 bits per heavy atom. The minimum atomic E-state index is -0.830. The lowest BCUT2D eigenvalue weighted by Crippen LogP contribution is -2.54. The molecule has 2 rings (SSSR count). The van der Waals surface area contributed by atoms with Crippen LogP contribution in [0.25, 0.3) is 0 Å². The Labute approximate surface area is 239 Å². The van der Waals surface area contributed by atoms with Gasteiger partial charge in [-0.3, -0.25) is 24.0 Å². The van der Waals surface area contributed by atoms with Crippen molar-refractivity contribution in [1.29, 1.82) is 0 Å². The van der Waals surface area contributed by atoms with Crippen LogP contribution in [-0.4, -0.2) is 89.4 Å². The Hall–Kier alpha value is -3.23. The van der Waals surface area contributed by atoms with E-state index in [0.717, 1.165) is 18.4 Å². The normalized spacial score (nSPS) is 19.8. The summed E-state index contributed by atoms with van der Waals surface area (Å²) in [6.45, 7) is 8.43. The van der Waals surface area contributed by atoms with Gasteiger partial charge in [0, 0.05) is 45.9 Å². The predicted molar refractivity (Wildman–Crippen MR) is 155 cm³/mol. The van der Waals surface area contributed by atoms with Crippen molar-refractivity contribution in [2.45, 2.75) is 91.1 Å². The van der Waals surface area contributed by atoms with Crippen molar-refractivity contribution in [3.05, 3.63) is 35.9 Å². The van der Waals surface area contributed by atoms with E-state index in [1.54, 1.807) is 23.8 Å². The van der Waals surface area contributed by atoms with Crippen LogP contribution in [0.2, 0.25) is 0 Å². The topological polar surface area (TPSA) is 107 Å². The molecule has 0 aromatic heterocycles. The van der Waals surface area contributed by atoms with E-state index < -0.39 is 18.0 Å². The molecule has 1 aromatic rings. The molecule has 1 aliphatic rings. The van der Waals surface area contributed by atoms with Gasteiger partial charge in [0.05, 0.1) is 6.54 Å². The lowest BCUT2D eigenvalue weighted by atomic mass is 10.0. The summed E-state index contributed by atoms with van der Waals surface area (Å²) in [4.78, 5) is 69.9. The number of nitrogens with zero attached hydrogens (tertiary/aromatic N) is 3. The van der Waals surface area contributed by atoms with Crippen LogP contribution in [0.4, 0.5) is 0 Å². The predicted octanol–water partition coefficient (Wildman–Crippen LogP) is 3.21. The first-order valence-corrected chi connectivity index (χ1v) is 14.7. The number of rotatable bonds is 12. The highest BCUT2D eigenvalue weighted by Crippen LogP contribution is 2.14. The highest BCUT2D eigenvalue weighted by molar-refractivity contribution is 5.93. The molecule has 0 radical (unpaired) electrons. The SMILES string of the molecule is CCC(=O)CCCCC[C@@H]1NC(=O)[C@H](C)N(C)C(=O)CCN(CC(C)C)C(=O)CN(CCc2ccccc2)C1=O. The second kappa shape index (κ2) is 16.8. The fraction of sp³-hybridized carbons (Fsp3) is 0.645. The van der Waals surface area contributed by atoms with Crippen LogP contribution in [0.1, 0.15) is 78.2 Å². The number of Topliss-reactive ketones (excluding diaryl/α,β-unsaturated/α-hetero) is 1. The summed E-state index contributed by atoms with van der Waals surface area (Å²) in [6.07, 6.45) is 4.22. The molecule has 1 saturated heterocycles. The summed E-state index contributed by atoms with van der Waals surface area (Å²) in [5.41, 5.74) is 1.05. The van der Waals surface area contributed by atoms with Crippen molar-refractivity contribution in [2.24, 2.45) is 5.92 Å². The summed E-state index contributed by atoms with van der Waals surface area (Å²) < 4.78 is 0. The van der Waals surface area contributed by atoms with Crippen molar-refractivity contribution in [3.63, 3.8) is 0 Å². The third-order valence-corrected chi connectivity index (χ3v) is 7.50. The molecule has 1 N–H and O–H groups in total. The summed E-state index contributed by atoms with van der Waals surface area (Å²) in [5, 5.41) is 2.89. The number of hydrogen-bond donors (Lipinski definition) is 1. The standard InChI is InChI=1S/C31H48N4O5/c1-6-26(36)15-11-8-12-16-27-31(40)35(19-17-25-13-9-7-10-14-25)22-29(38)34(21-23(2)3)20-18-28(37)33(5)24(4)30(39)32-27/h7,9-10,13-14,23-24,27H,6,8,11-12,15-22H2,1-5H3,(H,32,39)/t24-,27-/m0/s1. The van der Waals surface area contributed by atoms with Crippen molar-refractivity contribution < 1.29 is 24.0 Å². The maximum Gasteiger partial charge on any atom is 0.245 e. The zero-order valence-corrected chi connectivity index (χ0v) is 25.0. The summed E-state index contributed by atoms with van der Waals surface area (Å²) in [7, 11) is 1.58. The first kappa shape index (κ1) is 33.0. The molecular weight excluding hydrogens is 508 g/mol. The first-order chi connectivity index (χ1) is 19.0. The monoisotopic (exact) mass is 556 g/mol. The molecule has 1 heterocycles. The minimum absolute atomic E-state index is 0.102. The number of likely N-dealkylation sites (N-methyl/N-ethyl adjacent to an activating group) is 1. The number of hydrogen-bond acceptors (Lipinski definition) is 5. The second-order valence-corrected chi connectivity index (χ2v) is 11.2. The number of unbranched alkanes of at least 4 members (excludes halogenated alkanes) is 2. The fourth-order valence-corrected chi connectivity index (χ4v) is 4.79. The van der Waals surface area contributed by atoms with Crippen molar-refractivity contribution in [1.82, 2.24) is 20.0 Å². The van der Waals surface area contributed by atoms with Crippen LogP contribution in [0.5, 0.6) is 0 Å². The van der Waals surface area contributed by atoms with Gasteiger partial charge in [-0.2, -0.15) is 0 Å². The Balaban J connectivity index is 2.33. The third kappa shape index (κ3) is 10.7. The lowest BCUT2D eigenvalue weighted by molar-refractivity contribution is -0.143. The Morgan fingerprint density at radius 2 is 1.70 bits per heavy atom. The minimum Gasteiger partial charge on any atom is -0.343 e. The molecule has 1 fully saturated rings. The van der Waals surface area contributed by atoms with E-state index in [9.17, 15) is 24.0 Å². The quantitative estimate of drug-likeness (QED) is 0.398. The van der Waals surface area contributed by atoms with Crippen LogP contribution in [-0.2, 0) is 30.4 Å². The zero-order valence-electron chi connectivity index (χ0n) is 25.0. The zero-order chi connectivity index (χ0) is 29.7. The molecule has 0 unspecified atom stereocenters. The van der Waals surface area contributed by atoms with E-state index in [1.165, 1.54) is 4.90 Å². The van der Waals surface area contributed by atoms with E-state index in [4.69, 9.17) is 0 Å². The van der Waals surface area contributed by atoms with Gasteiger partial charge in [0.25, 0.3) is 0 Å². The van der Waals surface area contributed by atoms with Gasteiger partial charge >= 0.3 is 0 Å². The number of nitrogens with one attached hydrogen (secondary N) is 1. The van der Waals surface area contributed by atoms with Gasteiger partial charge in [-0.15, -0.1) is 0 Å². The summed E-state index contributed by atoms with van der Waals surface area (Å²) >= 11 is 0. The van der Waals surface area contributed by atoms with E-state index in [0.29, 0.717) is 45.2 Å². The molecule has 0 spiro atoms. The van der Waals surface area contributed by atoms with Crippen molar-refractivity contribution in [2.75, 3.05) is 33.2 Å². The Bertz CT molecular complexity index is 997. The van der Waals surface area contributed by atoms with E-state index in [-0.39, 0.29) is 48.9 Å². The van der Waals surface area contributed by atoms with E-state index >= 15 is 0 Å². The number of amides is 4. The van der Waals surface area contributed by atoms with Crippen molar-refractivity contribution >= 4 is 29.4 Å². The fourth-order valence-electron chi connectivity index (χ4n) is 4.79. The van der Waals surface area contributed by atoms with Gasteiger partial charge in [0.2, 0.25) is 23.6 Å². The molecule has 2 atom stereocenters. The average molecular weight is 557 g/mol. The van der Waals surface area contributed by atoms with Gasteiger partial charge in [0.15, 0.2) is 0 Å².